The number of aromatic hydroxyl groups is 1. The highest BCUT2D eigenvalue weighted by Gasteiger charge is 2.34. The largest absolute Gasteiger partial charge is 0.508 e. The molecule has 9 nitrogen and oxygen atoms in total. The second-order valence-corrected chi connectivity index (χ2v) is 8.55. The van der Waals surface area contributed by atoms with Crippen LogP contribution in [0, 0.1) is 0 Å². The van der Waals surface area contributed by atoms with Crippen molar-refractivity contribution in [3.63, 3.8) is 0 Å². The molecule has 0 bridgehead atoms. The van der Waals surface area contributed by atoms with Gasteiger partial charge in [-0.15, -0.1) is 10.2 Å². The number of hydrogen-bond donors (Lipinski definition) is 3. The number of halogens is 2. The van der Waals surface area contributed by atoms with Crippen LogP contribution in [-0.2, 0) is 12.1 Å². The van der Waals surface area contributed by atoms with Crippen LogP contribution in [0.25, 0.3) is 11.4 Å². The lowest BCUT2D eigenvalue weighted by Gasteiger charge is -2.29. The molecule has 0 fully saturated rings. The number of hydrogen-bond acceptors (Lipinski definition) is 8. The van der Waals surface area contributed by atoms with Gasteiger partial charge in [0.1, 0.15) is 24.0 Å². The van der Waals surface area contributed by atoms with Crippen LogP contribution >= 0.6 is 35.0 Å². The molecule has 0 saturated heterocycles. The van der Waals surface area contributed by atoms with Gasteiger partial charge in [-0.3, -0.25) is 0 Å². The predicted octanol–water partition coefficient (Wildman–Crippen LogP) is 2.94. The summed E-state index contributed by atoms with van der Waals surface area (Å²) in [5.74, 6) is 6.90. The van der Waals surface area contributed by atoms with Crippen molar-refractivity contribution in [2.75, 3.05) is 11.6 Å². The summed E-state index contributed by atoms with van der Waals surface area (Å²) in [6, 6.07) is 11.4. The number of nitrogens with zero attached hydrogens (tertiary/aromatic N) is 6. The van der Waals surface area contributed by atoms with E-state index in [1.54, 1.807) is 30.3 Å². The van der Waals surface area contributed by atoms with Crippen molar-refractivity contribution in [2.45, 2.75) is 17.3 Å². The quantitative estimate of drug-likeness (QED) is 0.273. The molecule has 160 valence electrons. The Bertz CT molecular complexity index is 1180. The van der Waals surface area contributed by atoms with Crippen LogP contribution in [0.2, 0.25) is 10.0 Å². The molecule has 2 aromatic carbocycles. The van der Waals surface area contributed by atoms with Gasteiger partial charge in [-0.2, -0.15) is 5.10 Å². The standard InChI is InChI=1S/C19H17Cl2N7O2S/c20-13-3-6-15(16(21)7-13)19(30,8-27-11-23-10-24-27)9-31-18-26-25-17(28(18)22)12-1-4-14(29)5-2-12/h1-7,10-11,29-30H,8-9,22H2. The Balaban J connectivity index is 1.61. The molecular weight excluding hydrogens is 461 g/mol. The average Bonchev–Trinajstić information content (AvgIpc) is 3.36. The lowest BCUT2D eigenvalue weighted by atomic mass is 9.95. The van der Waals surface area contributed by atoms with Crippen molar-refractivity contribution in [2.24, 2.45) is 0 Å². The van der Waals surface area contributed by atoms with E-state index in [-0.39, 0.29) is 18.0 Å². The number of phenolic OH excluding ortho intramolecular Hbond substituents is 1. The number of rotatable bonds is 7. The van der Waals surface area contributed by atoms with E-state index in [1.165, 1.54) is 45.9 Å². The van der Waals surface area contributed by atoms with Crippen molar-refractivity contribution in [1.29, 1.82) is 0 Å². The normalized spacial score (nSPS) is 13.3. The Morgan fingerprint density at radius 2 is 1.87 bits per heavy atom. The monoisotopic (exact) mass is 477 g/mol. The zero-order chi connectivity index (χ0) is 22.0. The summed E-state index contributed by atoms with van der Waals surface area (Å²) in [6.45, 7) is 0.102. The Hall–Kier alpha value is -2.79. The molecule has 0 aliphatic heterocycles. The third kappa shape index (κ3) is 4.62. The van der Waals surface area contributed by atoms with Crippen LogP contribution in [0.4, 0.5) is 0 Å². The zero-order valence-corrected chi connectivity index (χ0v) is 18.3. The fourth-order valence-electron chi connectivity index (χ4n) is 3.02. The summed E-state index contributed by atoms with van der Waals surface area (Å²) in [4.78, 5) is 3.93. The van der Waals surface area contributed by atoms with Crippen molar-refractivity contribution < 1.29 is 10.2 Å². The first kappa shape index (κ1) is 21.4. The van der Waals surface area contributed by atoms with E-state index in [2.05, 4.69) is 20.3 Å². The maximum absolute atomic E-state index is 11.6. The van der Waals surface area contributed by atoms with E-state index >= 15 is 0 Å². The average molecular weight is 478 g/mol. The van der Waals surface area contributed by atoms with E-state index in [9.17, 15) is 10.2 Å². The third-order valence-corrected chi connectivity index (χ3v) is 6.26. The fraction of sp³-hybridized carbons (Fsp3) is 0.158. The van der Waals surface area contributed by atoms with E-state index in [4.69, 9.17) is 29.0 Å². The number of aliphatic hydroxyl groups is 1. The lowest BCUT2D eigenvalue weighted by Crippen LogP contribution is -2.35. The van der Waals surface area contributed by atoms with E-state index < -0.39 is 5.60 Å². The molecular formula is C19H17Cl2N7O2S. The molecule has 12 heteroatoms. The molecule has 0 amide bonds. The van der Waals surface area contributed by atoms with Gasteiger partial charge in [-0.25, -0.2) is 14.3 Å². The van der Waals surface area contributed by atoms with Gasteiger partial charge in [0.2, 0.25) is 5.16 Å². The number of phenols is 1. The van der Waals surface area contributed by atoms with Crippen LogP contribution in [0.5, 0.6) is 5.75 Å². The minimum absolute atomic E-state index is 0.102. The number of nitrogen functional groups attached to an aromatic ring is 1. The molecule has 0 aliphatic rings. The molecule has 1 atom stereocenters. The number of aromatic nitrogens is 6. The van der Waals surface area contributed by atoms with Crippen LogP contribution in [0.3, 0.4) is 0 Å². The minimum Gasteiger partial charge on any atom is -0.508 e. The Morgan fingerprint density at radius 3 is 2.55 bits per heavy atom. The smallest absolute Gasteiger partial charge is 0.210 e. The molecule has 4 rings (SSSR count). The summed E-state index contributed by atoms with van der Waals surface area (Å²) in [6.07, 6.45) is 2.89. The Kier molecular flexibility index (Phi) is 6.05. The maximum atomic E-state index is 11.6. The minimum atomic E-state index is -1.43. The second kappa shape index (κ2) is 8.75. The van der Waals surface area contributed by atoms with Gasteiger partial charge in [-0.05, 0) is 36.4 Å². The van der Waals surface area contributed by atoms with E-state index in [0.29, 0.717) is 32.2 Å². The van der Waals surface area contributed by atoms with Gasteiger partial charge in [0.25, 0.3) is 0 Å². The number of nitrogens with two attached hydrogens (primary N) is 1. The third-order valence-electron chi connectivity index (χ3n) is 4.55. The molecule has 4 N–H and O–H groups in total. The first-order chi connectivity index (χ1) is 14.9. The van der Waals surface area contributed by atoms with Gasteiger partial charge in [0.05, 0.1) is 6.54 Å². The van der Waals surface area contributed by atoms with Crippen molar-refractivity contribution in [3.8, 4) is 17.1 Å². The van der Waals surface area contributed by atoms with Crippen molar-refractivity contribution in [3.05, 3.63) is 70.7 Å². The predicted molar refractivity (Wildman–Crippen MR) is 118 cm³/mol. The highest BCUT2D eigenvalue weighted by molar-refractivity contribution is 7.99. The van der Waals surface area contributed by atoms with Crippen LogP contribution in [-0.4, -0.2) is 45.6 Å². The second-order valence-electron chi connectivity index (χ2n) is 6.76. The molecule has 0 radical (unpaired) electrons. The molecule has 31 heavy (non-hydrogen) atoms. The van der Waals surface area contributed by atoms with E-state index in [0.717, 1.165) is 0 Å². The van der Waals surface area contributed by atoms with Gasteiger partial charge in [0, 0.05) is 26.9 Å². The van der Waals surface area contributed by atoms with Crippen LogP contribution in [0.1, 0.15) is 5.56 Å². The summed E-state index contributed by atoms with van der Waals surface area (Å²) in [5, 5.41) is 34.6. The number of thioether (sulfide) groups is 1. The molecule has 2 aromatic heterocycles. The molecule has 2 heterocycles. The maximum Gasteiger partial charge on any atom is 0.210 e. The molecule has 4 aromatic rings. The summed E-state index contributed by atoms with van der Waals surface area (Å²) in [5.41, 5.74) is -0.244. The first-order valence-corrected chi connectivity index (χ1v) is 10.7. The van der Waals surface area contributed by atoms with Gasteiger partial charge in [0.15, 0.2) is 5.82 Å². The summed E-state index contributed by atoms with van der Waals surface area (Å²) in [7, 11) is 0. The Morgan fingerprint density at radius 1 is 1.10 bits per heavy atom. The topological polar surface area (TPSA) is 128 Å². The highest BCUT2D eigenvalue weighted by atomic mass is 35.5. The molecule has 0 spiro atoms. The van der Waals surface area contributed by atoms with Crippen molar-refractivity contribution in [1.82, 2.24) is 29.6 Å². The number of benzene rings is 2. The van der Waals surface area contributed by atoms with Crippen LogP contribution < -0.4 is 5.84 Å². The Labute approximate surface area is 191 Å². The zero-order valence-electron chi connectivity index (χ0n) is 15.9. The van der Waals surface area contributed by atoms with E-state index in [1.807, 2.05) is 0 Å². The SMILES string of the molecule is Nn1c(SCC(O)(Cn2cncn2)c2ccc(Cl)cc2Cl)nnc1-c1ccc(O)cc1. The molecule has 0 saturated carbocycles. The van der Waals surface area contributed by atoms with Gasteiger partial charge in [-0.1, -0.05) is 41.0 Å². The first-order valence-electron chi connectivity index (χ1n) is 8.99. The van der Waals surface area contributed by atoms with Crippen molar-refractivity contribution >= 4 is 35.0 Å². The summed E-state index contributed by atoms with van der Waals surface area (Å²) < 4.78 is 2.84. The van der Waals surface area contributed by atoms with Gasteiger partial charge < -0.3 is 16.1 Å². The summed E-state index contributed by atoms with van der Waals surface area (Å²) >= 11 is 13.6. The lowest BCUT2D eigenvalue weighted by molar-refractivity contribution is 0.0397. The highest BCUT2D eigenvalue weighted by Crippen LogP contribution is 2.36. The van der Waals surface area contributed by atoms with Crippen LogP contribution in [0.15, 0.2) is 60.3 Å². The van der Waals surface area contributed by atoms with Gasteiger partial charge >= 0.3 is 0 Å². The molecule has 1 unspecified atom stereocenters. The molecule has 0 aliphatic carbocycles. The fourth-order valence-corrected chi connectivity index (χ4v) is 4.55.